The molecule has 7 heteroatoms. The van der Waals surface area contributed by atoms with Crippen LogP contribution in [0.1, 0.15) is 25.8 Å². The van der Waals surface area contributed by atoms with Crippen molar-refractivity contribution in [3.8, 4) is 11.1 Å². The summed E-state index contributed by atoms with van der Waals surface area (Å²) in [5.41, 5.74) is 8.09. The van der Waals surface area contributed by atoms with Gasteiger partial charge in [-0.05, 0) is 22.6 Å². The molecule has 0 aliphatic heterocycles. The number of amides is 3. The van der Waals surface area contributed by atoms with Crippen LogP contribution in [0.2, 0.25) is 0 Å². The molecule has 0 radical (unpaired) electrons. The van der Waals surface area contributed by atoms with Crippen molar-refractivity contribution in [2.75, 3.05) is 13.1 Å². The summed E-state index contributed by atoms with van der Waals surface area (Å²) < 4.78 is 0. The lowest BCUT2D eigenvalue weighted by molar-refractivity contribution is -0.139. The summed E-state index contributed by atoms with van der Waals surface area (Å²) in [6, 6.07) is 15.9. The van der Waals surface area contributed by atoms with E-state index in [1.165, 1.54) is 4.90 Å². The number of hydrogen-bond donors (Lipinski definition) is 3. The summed E-state index contributed by atoms with van der Waals surface area (Å²) in [7, 11) is 0. The van der Waals surface area contributed by atoms with Crippen LogP contribution in [0.4, 0.5) is 4.79 Å². The maximum absolute atomic E-state index is 12.6. The van der Waals surface area contributed by atoms with Crippen molar-refractivity contribution < 1.29 is 19.5 Å². The smallest absolute Gasteiger partial charge is 0.326 e. The summed E-state index contributed by atoms with van der Waals surface area (Å²) in [6.45, 7) is 4.43. The molecule has 0 unspecified atom stereocenters. The molecule has 2 aromatic rings. The lowest BCUT2D eigenvalue weighted by Gasteiger charge is -2.26. The van der Waals surface area contributed by atoms with Crippen LogP contribution in [0.5, 0.6) is 0 Å². The molecule has 4 N–H and O–H groups in total. The number of hydrogen-bond acceptors (Lipinski definition) is 3. The van der Waals surface area contributed by atoms with Gasteiger partial charge in [-0.2, -0.15) is 0 Å². The van der Waals surface area contributed by atoms with Gasteiger partial charge in [0.15, 0.2) is 0 Å². The fraction of sp³-hybridized carbons (Fsp3) is 0.348. The van der Waals surface area contributed by atoms with Gasteiger partial charge in [0.2, 0.25) is 5.91 Å². The molecule has 2 rings (SSSR count). The summed E-state index contributed by atoms with van der Waals surface area (Å²) >= 11 is 0. The molecule has 0 aliphatic rings. The molecule has 0 fully saturated rings. The average Bonchev–Trinajstić information content (AvgIpc) is 2.71. The molecule has 0 spiro atoms. The predicted octanol–water partition coefficient (Wildman–Crippen LogP) is 2.89. The molecule has 0 bridgehead atoms. The summed E-state index contributed by atoms with van der Waals surface area (Å²) in [4.78, 5) is 36.9. The first-order valence-electron chi connectivity index (χ1n) is 9.97. The number of nitrogens with one attached hydrogen (secondary N) is 1. The number of benzene rings is 2. The third-order valence-corrected chi connectivity index (χ3v) is 4.60. The molecule has 0 aliphatic carbocycles. The number of urea groups is 1. The monoisotopic (exact) mass is 411 g/mol. The Morgan fingerprint density at radius 3 is 2.13 bits per heavy atom. The largest absolute Gasteiger partial charge is 0.480 e. The minimum atomic E-state index is -1.12. The Kier molecular flexibility index (Phi) is 8.41. The van der Waals surface area contributed by atoms with Gasteiger partial charge in [-0.1, -0.05) is 68.4 Å². The van der Waals surface area contributed by atoms with E-state index in [2.05, 4.69) is 5.32 Å². The number of nitrogens with zero attached hydrogens (tertiary/aromatic N) is 1. The van der Waals surface area contributed by atoms with Crippen molar-refractivity contribution in [1.82, 2.24) is 10.2 Å². The zero-order valence-corrected chi connectivity index (χ0v) is 17.4. The van der Waals surface area contributed by atoms with E-state index in [0.29, 0.717) is 6.54 Å². The van der Waals surface area contributed by atoms with Gasteiger partial charge in [0.05, 0.1) is 0 Å². The first-order chi connectivity index (χ1) is 14.3. The Labute approximate surface area is 176 Å². The summed E-state index contributed by atoms with van der Waals surface area (Å²) in [5.74, 6) is -1.46. The second kappa shape index (κ2) is 11.0. The zero-order chi connectivity index (χ0) is 22.1. The number of carbonyl (C=O) groups is 3. The van der Waals surface area contributed by atoms with E-state index >= 15 is 0 Å². The first kappa shape index (κ1) is 22.9. The SMILES string of the molecule is CC(C)CN(CCC(N)=O)C(=O)N[C@@H](Cc1ccc(-c2ccccc2)cc1)C(=O)O. The highest BCUT2D eigenvalue weighted by molar-refractivity contribution is 5.83. The Morgan fingerprint density at radius 2 is 1.60 bits per heavy atom. The lowest BCUT2D eigenvalue weighted by atomic mass is 10.0. The van der Waals surface area contributed by atoms with Gasteiger partial charge >= 0.3 is 12.0 Å². The van der Waals surface area contributed by atoms with Gasteiger partial charge < -0.3 is 21.1 Å². The van der Waals surface area contributed by atoms with Crippen LogP contribution in [-0.4, -0.2) is 47.0 Å². The van der Waals surface area contributed by atoms with Gasteiger partial charge in [-0.25, -0.2) is 9.59 Å². The van der Waals surface area contributed by atoms with Gasteiger partial charge in [-0.15, -0.1) is 0 Å². The second-order valence-corrected chi connectivity index (χ2v) is 7.66. The van der Waals surface area contributed by atoms with Crippen LogP contribution >= 0.6 is 0 Å². The maximum Gasteiger partial charge on any atom is 0.326 e. The van der Waals surface area contributed by atoms with Gasteiger partial charge in [0, 0.05) is 25.9 Å². The number of nitrogens with two attached hydrogens (primary N) is 1. The van der Waals surface area contributed by atoms with Crippen LogP contribution in [0.3, 0.4) is 0 Å². The molecule has 7 nitrogen and oxygen atoms in total. The molecular weight excluding hydrogens is 382 g/mol. The molecule has 0 saturated heterocycles. The van der Waals surface area contributed by atoms with Crippen LogP contribution in [0.15, 0.2) is 54.6 Å². The van der Waals surface area contributed by atoms with Gasteiger partial charge in [0.1, 0.15) is 6.04 Å². The number of carboxylic acids is 1. The molecule has 0 aromatic heterocycles. The number of carbonyl (C=O) groups excluding carboxylic acids is 2. The third kappa shape index (κ3) is 7.24. The normalized spacial score (nSPS) is 11.7. The van der Waals surface area contributed by atoms with Crippen molar-refractivity contribution in [2.24, 2.45) is 11.7 Å². The molecule has 30 heavy (non-hydrogen) atoms. The van der Waals surface area contributed by atoms with Crippen molar-refractivity contribution >= 4 is 17.9 Å². The molecule has 160 valence electrons. The van der Waals surface area contributed by atoms with E-state index in [9.17, 15) is 19.5 Å². The zero-order valence-electron chi connectivity index (χ0n) is 17.4. The Morgan fingerprint density at radius 1 is 1.00 bits per heavy atom. The molecule has 3 amide bonds. The van der Waals surface area contributed by atoms with Gasteiger partial charge in [-0.3, -0.25) is 4.79 Å². The van der Waals surface area contributed by atoms with Crippen molar-refractivity contribution in [2.45, 2.75) is 32.7 Å². The Hall–Kier alpha value is -3.35. The molecule has 1 atom stereocenters. The second-order valence-electron chi connectivity index (χ2n) is 7.66. The van der Waals surface area contributed by atoms with E-state index in [0.717, 1.165) is 16.7 Å². The van der Waals surface area contributed by atoms with E-state index in [1.807, 2.05) is 68.4 Å². The van der Waals surface area contributed by atoms with E-state index < -0.39 is 23.9 Å². The third-order valence-electron chi connectivity index (χ3n) is 4.60. The number of rotatable bonds is 10. The fourth-order valence-electron chi connectivity index (χ4n) is 3.10. The predicted molar refractivity (Wildman–Crippen MR) is 116 cm³/mol. The lowest BCUT2D eigenvalue weighted by Crippen LogP contribution is -2.50. The summed E-state index contributed by atoms with van der Waals surface area (Å²) in [5, 5.41) is 12.2. The van der Waals surface area contributed by atoms with Crippen LogP contribution in [0, 0.1) is 5.92 Å². The molecule has 2 aromatic carbocycles. The molecule has 0 heterocycles. The van der Waals surface area contributed by atoms with Crippen molar-refractivity contribution in [3.63, 3.8) is 0 Å². The number of carboxylic acid groups (broad SMARTS) is 1. The van der Waals surface area contributed by atoms with Crippen molar-refractivity contribution in [1.29, 1.82) is 0 Å². The fourth-order valence-corrected chi connectivity index (χ4v) is 3.10. The maximum atomic E-state index is 12.6. The topological polar surface area (TPSA) is 113 Å². The molecule has 0 saturated carbocycles. The highest BCUT2D eigenvalue weighted by atomic mass is 16.4. The van der Waals surface area contributed by atoms with E-state index in [4.69, 9.17) is 5.73 Å². The minimum Gasteiger partial charge on any atom is -0.480 e. The van der Waals surface area contributed by atoms with Gasteiger partial charge in [0.25, 0.3) is 0 Å². The standard InChI is InChI=1S/C23H29N3O4/c1-16(2)15-26(13-12-21(24)27)23(30)25-20(22(28)29)14-17-8-10-19(11-9-17)18-6-4-3-5-7-18/h3-11,16,20H,12-15H2,1-2H3,(H2,24,27)(H,25,30)(H,28,29)/t20-/m0/s1. The van der Waals surface area contributed by atoms with E-state index in [1.54, 1.807) is 0 Å². The van der Waals surface area contributed by atoms with Crippen LogP contribution in [0.25, 0.3) is 11.1 Å². The van der Waals surface area contributed by atoms with Crippen LogP contribution < -0.4 is 11.1 Å². The number of primary amides is 1. The summed E-state index contributed by atoms with van der Waals surface area (Å²) in [6.07, 6.45) is 0.181. The average molecular weight is 412 g/mol. The highest BCUT2D eigenvalue weighted by Gasteiger charge is 2.24. The van der Waals surface area contributed by atoms with Crippen molar-refractivity contribution in [3.05, 3.63) is 60.2 Å². The number of aliphatic carboxylic acids is 1. The quantitative estimate of drug-likeness (QED) is 0.558. The minimum absolute atomic E-state index is 0.0266. The Balaban J connectivity index is 2.06. The first-order valence-corrected chi connectivity index (χ1v) is 9.97. The van der Waals surface area contributed by atoms with Crippen LogP contribution in [-0.2, 0) is 16.0 Å². The molecular formula is C23H29N3O4. The van der Waals surface area contributed by atoms with E-state index in [-0.39, 0.29) is 25.3 Å². The Bertz CT molecular complexity index is 851. The highest BCUT2D eigenvalue weighted by Crippen LogP contribution is 2.19.